The van der Waals surface area contributed by atoms with Crippen molar-refractivity contribution >= 4 is 11.0 Å². The number of aliphatic hydroxyl groups is 1. The summed E-state index contributed by atoms with van der Waals surface area (Å²) in [7, 11) is 1.62. The standard InChI is InChI=1S/C14H20FN3O2/c1-14(6-7-19,9-20-2)16-8-12-17-11-5-3-4-10(15)13(11)18-12/h3-5,16,19H,6-9H2,1-2H3,(H,17,18). The van der Waals surface area contributed by atoms with E-state index >= 15 is 0 Å². The molecular formula is C14H20FN3O2. The van der Waals surface area contributed by atoms with Gasteiger partial charge in [0.2, 0.25) is 0 Å². The van der Waals surface area contributed by atoms with Gasteiger partial charge in [0.1, 0.15) is 11.3 Å². The van der Waals surface area contributed by atoms with Crippen molar-refractivity contribution in [3.8, 4) is 0 Å². The Kier molecular flexibility index (Phi) is 4.69. The van der Waals surface area contributed by atoms with Crippen molar-refractivity contribution < 1.29 is 14.2 Å². The number of aromatic nitrogens is 2. The molecule has 6 heteroatoms. The monoisotopic (exact) mass is 281 g/mol. The van der Waals surface area contributed by atoms with Gasteiger partial charge in [-0.05, 0) is 25.5 Å². The van der Waals surface area contributed by atoms with Crippen molar-refractivity contribution in [1.29, 1.82) is 0 Å². The van der Waals surface area contributed by atoms with E-state index in [0.717, 1.165) is 0 Å². The Balaban J connectivity index is 2.09. The third-order valence-electron chi connectivity index (χ3n) is 3.32. The molecule has 0 radical (unpaired) electrons. The number of hydrogen-bond acceptors (Lipinski definition) is 4. The maximum Gasteiger partial charge on any atom is 0.151 e. The third-order valence-corrected chi connectivity index (χ3v) is 3.32. The van der Waals surface area contributed by atoms with Crippen LogP contribution in [0.3, 0.4) is 0 Å². The molecule has 0 fully saturated rings. The molecule has 0 aliphatic heterocycles. The molecule has 0 bridgehead atoms. The van der Waals surface area contributed by atoms with Gasteiger partial charge >= 0.3 is 0 Å². The van der Waals surface area contributed by atoms with Gasteiger partial charge in [0, 0.05) is 19.3 Å². The number of rotatable bonds is 7. The molecule has 3 N–H and O–H groups in total. The summed E-state index contributed by atoms with van der Waals surface area (Å²) in [5.41, 5.74) is 0.679. The van der Waals surface area contributed by atoms with Crippen LogP contribution in [0.1, 0.15) is 19.2 Å². The molecule has 0 aliphatic rings. The Morgan fingerprint density at radius 1 is 1.50 bits per heavy atom. The molecule has 0 saturated heterocycles. The average molecular weight is 281 g/mol. The minimum Gasteiger partial charge on any atom is -0.396 e. The lowest BCUT2D eigenvalue weighted by molar-refractivity contribution is 0.0965. The molecule has 1 aromatic carbocycles. The number of aromatic amines is 1. The first-order chi connectivity index (χ1) is 9.58. The molecule has 0 amide bonds. The minimum atomic E-state index is -0.346. The second-order valence-electron chi connectivity index (χ2n) is 5.14. The van der Waals surface area contributed by atoms with Crippen LogP contribution < -0.4 is 5.32 Å². The van der Waals surface area contributed by atoms with Gasteiger partial charge in [-0.25, -0.2) is 9.37 Å². The highest BCUT2D eigenvalue weighted by Crippen LogP contribution is 2.16. The van der Waals surface area contributed by atoms with Gasteiger partial charge in [-0.15, -0.1) is 0 Å². The Hall–Kier alpha value is -1.50. The molecule has 1 aromatic heterocycles. The number of nitrogens with one attached hydrogen (secondary N) is 2. The summed E-state index contributed by atoms with van der Waals surface area (Å²) in [6, 6.07) is 4.83. The maximum absolute atomic E-state index is 13.6. The number of fused-ring (bicyclic) bond motifs is 1. The van der Waals surface area contributed by atoms with Crippen LogP contribution in [0, 0.1) is 5.82 Å². The van der Waals surface area contributed by atoms with E-state index in [0.29, 0.717) is 36.4 Å². The van der Waals surface area contributed by atoms with Gasteiger partial charge in [0.15, 0.2) is 5.82 Å². The molecule has 1 heterocycles. The zero-order chi connectivity index (χ0) is 14.6. The number of benzene rings is 1. The summed E-state index contributed by atoms with van der Waals surface area (Å²) in [6.45, 7) is 2.97. The van der Waals surface area contributed by atoms with Gasteiger partial charge in [-0.1, -0.05) is 6.07 Å². The minimum absolute atomic E-state index is 0.0711. The molecule has 0 spiro atoms. The molecule has 2 aromatic rings. The van der Waals surface area contributed by atoms with E-state index in [1.165, 1.54) is 6.07 Å². The summed E-state index contributed by atoms with van der Waals surface area (Å²) in [6.07, 6.45) is 0.565. The summed E-state index contributed by atoms with van der Waals surface area (Å²) in [5, 5.41) is 12.4. The van der Waals surface area contributed by atoms with Gasteiger partial charge in [-0.2, -0.15) is 0 Å². The number of ether oxygens (including phenoxy) is 1. The Bertz CT molecular complexity index is 565. The van der Waals surface area contributed by atoms with Crippen LogP contribution in [0.2, 0.25) is 0 Å². The van der Waals surface area contributed by atoms with Crippen LogP contribution in [-0.4, -0.2) is 40.9 Å². The summed E-state index contributed by atoms with van der Waals surface area (Å²) in [4.78, 5) is 7.32. The van der Waals surface area contributed by atoms with Crippen molar-refractivity contribution in [3.05, 3.63) is 29.8 Å². The lowest BCUT2D eigenvalue weighted by atomic mass is 9.99. The Morgan fingerprint density at radius 3 is 2.95 bits per heavy atom. The molecule has 2 rings (SSSR count). The summed E-state index contributed by atoms with van der Waals surface area (Å²) < 4.78 is 18.7. The molecule has 20 heavy (non-hydrogen) atoms. The quantitative estimate of drug-likeness (QED) is 0.720. The average Bonchev–Trinajstić information content (AvgIpc) is 2.82. The number of nitrogens with zero attached hydrogens (tertiary/aromatic N) is 1. The fraction of sp³-hybridized carbons (Fsp3) is 0.500. The van der Waals surface area contributed by atoms with Crippen LogP contribution in [0.25, 0.3) is 11.0 Å². The number of para-hydroxylation sites is 1. The van der Waals surface area contributed by atoms with E-state index in [-0.39, 0.29) is 18.0 Å². The first-order valence-electron chi connectivity index (χ1n) is 6.56. The number of halogens is 1. The molecule has 110 valence electrons. The van der Waals surface area contributed by atoms with Gasteiger partial charge in [0.05, 0.1) is 18.7 Å². The van der Waals surface area contributed by atoms with Crippen molar-refractivity contribution in [3.63, 3.8) is 0 Å². The van der Waals surface area contributed by atoms with Crippen molar-refractivity contribution in [1.82, 2.24) is 15.3 Å². The molecule has 0 saturated carbocycles. The smallest absolute Gasteiger partial charge is 0.151 e. The van der Waals surface area contributed by atoms with Gasteiger partial charge < -0.3 is 20.1 Å². The van der Waals surface area contributed by atoms with Crippen LogP contribution in [0.4, 0.5) is 4.39 Å². The fourth-order valence-electron chi connectivity index (χ4n) is 2.21. The predicted octanol–water partition coefficient (Wildman–Crippen LogP) is 1.58. The topological polar surface area (TPSA) is 70.2 Å². The van der Waals surface area contributed by atoms with Crippen LogP contribution in [0.5, 0.6) is 0 Å². The number of methoxy groups -OCH3 is 1. The number of hydrogen-bond donors (Lipinski definition) is 3. The first kappa shape index (κ1) is 14.9. The third kappa shape index (κ3) is 3.33. The zero-order valence-corrected chi connectivity index (χ0v) is 11.7. The van der Waals surface area contributed by atoms with Crippen molar-refractivity contribution in [2.24, 2.45) is 0 Å². The highest BCUT2D eigenvalue weighted by atomic mass is 19.1. The Labute approximate surface area is 117 Å². The molecule has 1 unspecified atom stereocenters. The lowest BCUT2D eigenvalue weighted by Gasteiger charge is -2.29. The van der Waals surface area contributed by atoms with E-state index in [9.17, 15) is 4.39 Å². The first-order valence-corrected chi connectivity index (χ1v) is 6.56. The molecule has 5 nitrogen and oxygen atoms in total. The fourth-order valence-corrected chi connectivity index (χ4v) is 2.21. The number of H-pyrrole nitrogens is 1. The maximum atomic E-state index is 13.6. The lowest BCUT2D eigenvalue weighted by Crippen LogP contribution is -2.46. The van der Waals surface area contributed by atoms with Gasteiger partial charge in [0.25, 0.3) is 0 Å². The van der Waals surface area contributed by atoms with E-state index in [4.69, 9.17) is 9.84 Å². The van der Waals surface area contributed by atoms with E-state index in [1.807, 2.05) is 6.92 Å². The zero-order valence-electron chi connectivity index (χ0n) is 11.7. The van der Waals surface area contributed by atoms with E-state index in [1.54, 1.807) is 19.2 Å². The van der Waals surface area contributed by atoms with Gasteiger partial charge in [-0.3, -0.25) is 0 Å². The molecular weight excluding hydrogens is 261 g/mol. The molecule has 1 atom stereocenters. The van der Waals surface area contributed by atoms with E-state index < -0.39 is 0 Å². The van der Waals surface area contributed by atoms with Crippen LogP contribution in [-0.2, 0) is 11.3 Å². The van der Waals surface area contributed by atoms with Crippen LogP contribution >= 0.6 is 0 Å². The molecule has 0 aliphatic carbocycles. The largest absolute Gasteiger partial charge is 0.396 e. The normalized spacial score (nSPS) is 14.6. The number of imidazole rings is 1. The van der Waals surface area contributed by atoms with Crippen LogP contribution in [0.15, 0.2) is 18.2 Å². The summed E-state index contributed by atoms with van der Waals surface area (Å²) >= 11 is 0. The summed E-state index contributed by atoms with van der Waals surface area (Å²) in [5.74, 6) is 0.324. The van der Waals surface area contributed by atoms with Crippen molar-refractivity contribution in [2.45, 2.75) is 25.4 Å². The second-order valence-corrected chi connectivity index (χ2v) is 5.14. The van der Waals surface area contributed by atoms with E-state index in [2.05, 4.69) is 15.3 Å². The highest BCUT2D eigenvalue weighted by molar-refractivity contribution is 5.75. The number of aliphatic hydroxyl groups excluding tert-OH is 1. The second kappa shape index (κ2) is 6.30. The SMILES string of the molecule is COCC(C)(CCO)NCc1nc2c(F)cccc2[nH]1. The Morgan fingerprint density at radius 2 is 2.30 bits per heavy atom. The van der Waals surface area contributed by atoms with Crippen molar-refractivity contribution in [2.75, 3.05) is 20.3 Å². The highest BCUT2D eigenvalue weighted by Gasteiger charge is 2.23. The predicted molar refractivity (Wildman–Crippen MR) is 74.9 cm³/mol.